The van der Waals surface area contributed by atoms with Crippen LogP contribution >= 0.6 is 0 Å². The molecule has 0 saturated carbocycles. The Bertz CT molecular complexity index is 249. The van der Waals surface area contributed by atoms with Crippen LogP contribution in [0.5, 0.6) is 0 Å². The van der Waals surface area contributed by atoms with Gasteiger partial charge in [-0.25, -0.2) is 0 Å². The fraction of sp³-hybridized carbons (Fsp3) is 0.857. The standard InChI is InChI=1S/C7H14O5S.Ca/c1-2-4-7(8)12-5-3-6-13(9,10)11;/h2-6H2,1H3,(H,9,10,11);. The van der Waals surface area contributed by atoms with Crippen LogP contribution in [0.25, 0.3) is 0 Å². The first-order valence-electron chi connectivity index (χ1n) is 4.06. The van der Waals surface area contributed by atoms with Crippen LogP contribution in [0.15, 0.2) is 0 Å². The number of esters is 1. The second kappa shape index (κ2) is 8.91. The molecule has 2 radical (unpaired) electrons. The van der Waals surface area contributed by atoms with Gasteiger partial charge in [0.25, 0.3) is 10.1 Å². The third-order valence-corrected chi connectivity index (χ3v) is 2.07. The van der Waals surface area contributed by atoms with Crippen LogP contribution in [-0.4, -0.2) is 69.0 Å². The molecule has 1 N–H and O–H groups in total. The summed E-state index contributed by atoms with van der Waals surface area (Å²) in [6.07, 6.45) is 1.18. The Labute approximate surface area is 114 Å². The minimum absolute atomic E-state index is 0. The van der Waals surface area contributed by atoms with Crippen molar-refractivity contribution in [3.8, 4) is 0 Å². The van der Waals surface area contributed by atoms with Gasteiger partial charge in [-0.05, 0) is 12.8 Å². The summed E-state index contributed by atoms with van der Waals surface area (Å²) in [5.74, 6) is -0.704. The molecule has 14 heavy (non-hydrogen) atoms. The number of hydrogen-bond acceptors (Lipinski definition) is 4. The van der Waals surface area contributed by atoms with Gasteiger partial charge in [0.05, 0.1) is 12.4 Å². The summed E-state index contributed by atoms with van der Waals surface area (Å²) in [4.78, 5) is 10.7. The summed E-state index contributed by atoms with van der Waals surface area (Å²) in [5.41, 5.74) is 0. The molecule has 0 aromatic heterocycles. The van der Waals surface area contributed by atoms with Crippen molar-refractivity contribution in [2.45, 2.75) is 26.2 Å². The number of rotatable bonds is 6. The second-order valence-electron chi connectivity index (χ2n) is 2.61. The monoisotopic (exact) mass is 250 g/mol. The Morgan fingerprint density at radius 2 is 2.00 bits per heavy atom. The maximum absolute atomic E-state index is 10.7. The van der Waals surface area contributed by atoms with Crippen molar-refractivity contribution < 1.29 is 22.5 Å². The van der Waals surface area contributed by atoms with Crippen molar-refractivity contribution in [3.05, 3.63) is 0 Å². The van der Waals surface area contributed by atoms with Crippen molar-refractivity contribution >= 4 is 53.8 Å². The van der Waals surface area contributed by atoms with Gasteiger partial charge in [0.1, 0.15) is 0 Å². The van der Waals surface area contributed by atoms with E-state index in [9.17, 15) is 13.2 Å². The Morgan fingerprint density at radius 3 is 2.43 bits per heavy atom. The second-order valence-corrected chi connectivity index (χ2v) is 4.18. The number of carbonyl (C=O) groups is 1. The van der Waals surface area contributed by atoms with Crippen molar-refractivity contribution in [2.75, 3.05) is 12.4 Å². The van der Waals surface area contributed by atoms with Crippen LogP contribution in [0.1, 0.15) is 26.2 Å². The van der Waals surface area contributed by atoms with E-state index in [0.29, 0.717) is 12.8 Å². The summed E-state index contributed by atoms with van der Waals surface area (Å²) in [7, 11) is -3.93. The van der Waals surface area contributed by atoms with E-state index in [-0.39, 0.29) is 62.5 Å². The number of hydrogen-bond donors (Lipinski definition) is 1. The average molecular weight is 250 g/mol. The fourth-order valence-electron chi connectivity index (χ4n) is 0.704. The van der Waals surface area contributed by atoms with Gasteiger partial charge in [0.15, 0.2) is 0 Å². The Hall–Kier alpha value is 0.640. The molecule has 0 aliphatic heterocycles. The van der Waals surface area contributed by atoms with Gasteiger partial charge in [0.2, 0.25) is 0 Å². The topological polar surface area (TPSA) is 80.7 Å². The Balaban J connectivity index is 0. The van der Waals surface area contributed by atoms with E-state index in [2.05, 4.69) is 4.74 Å². The van der Waals surface area contributed by atoms with E-state index < -0.39 is 10.1 Å². The largest absolute Gasteiger partial charge is 0.466 e. The molecule has 5 nitrogen and oxygen atoms in total. The quantitative estimate of drug-likeness (QED) is 0.316. The van der Waals surface area contributed by atoms with Crippen LogP contribution < -0.4 is 0 Å². The molecule has 0 saturated heterocycles. The zero-order valence-corrected chi connectivity index (χ0v) is 11.3. The van der Waals surface area contributed by atoms with Gasteiger partial charge in [-0.1, -0.05) is 6.92 Å². The van der Waals surface area contributed by atoms with Crippen molar-refractivity contribution in [3.63, 3.8) is 0 Å². The normalized spacial score (nSPS) is 10.4. The first-order chi connectivity index (χ1) is 5.95. The Kier molecular flexibility index (Phi) is 10.8. The molecule has 0 rings (SSSR count). The van der Waals surface area contributed by atoms with Crippen LogP contribution in [-0.2, 0) is 19.6 Å². The van der Waals surface area contributed by atoms with Crippen LogP contribution in [0, 0.1) is 0 Å². The van der Waals surface area contributed by atoms with Gasteiger partial charge >= 0.3 is 5.97 Å². The summed E-state index contributed by atoms with van der Waals surface area (Å²) < 4.78 is 33.4. The predicted octanol–water partition coefficient (Wildman–Crippen LogP) is 0.227. The molecule has 7 heteroatoms. The SMILES string of the molecule is CCCC(=O)OCCCS(=O)(=O)O.[Ca]. The first kappa shape index (κ1) is 17.0. The van der Waals surface area contributed by atoms with E-state index in [4.69, 9.17) is 4.55 Å². The van der Waals surface area contributed by atoms with Gasteiger partial charge in [0, 0.05) is 44.2 Å². The molecule has 80 valence electrons. The number of ether oxygens (including phenoxy) is 1. The summed E-state index contributed by atoms with van der Waals surface area (Å²) in [6.45, 7) is 1.89. The van der Waals surface area contributed by atoms with Crippen molar-refractivity contribution in [1.29, 1.82) is 0 Å². The van der Waals surface area contributed by atoms with E-state index in [0.717, 1.165) is 0 Å². The van der Waals surface area contributed by atoms with Crippen LogP contribution in [0.2, 0.25) is 0 Å². The molecule has 0 aliphatic carbocycles. The number of carbonyl (C=O) groups excluding carboxylic acids is 1. The molecule has 0 atom stereocenters. The van der Waals surface area contributed by atoms with E-state index in [1.807, 2.05) is 6.92 Å². The van der Waals surface area contributed by atoms with Gasteiger partial charge < -0.3 is 4.74 Å². The molecular formula is C7H14CaO5S. The van der Waals surface area contributed by atoms with Crippen molar-refractivity contribution in [1.82, 2.24) is 0 Å². The molecule has 0 amide bonds. The molecule has 0 fully saturated rings. The molecule has 0 heterocycles. The Morgan fingerprint density at radius 1 is 1.43 bits per heavy atom. The zero-order valence-electron chi connectivity index (χ0n) is 8.23. The molecule has 0 unspecified atom stereocenters. The first-order valence-corrected chi connectivity index (χ1v) is 5.67. The molecular weight excluding hydrogens is 236 g/mol. The summed E-state index contributed by atoms with van der Waals surface area (Å²) in [6, 6.07) is 0. The predicted molar refractivity (Wildman–Crippen MR) is 52.7 cm³/mol. The molecule has 0 aromatic carbocycles. The molecule has 0 spiro atoms. The third kappa shape index (κ3) is 12.6. The third-order valence-electron chi connectivity index (χ3n) is 1.26. The molecule has 0 bridgehead atoms. The minimum atomic E-state index is -3.93. The van der Waals surface area contributed by atoms with E-state index in [1.54, 1.807) is 0 Å². The van der Waals surface area contributed by atoms with Crippen molar-refractivity contribution in [2.24, 2.45) is 0 Å². The van der Waals surface area contributed by atoms with Gasteiger partial charge in [-0.2, -0.15) is 8.42 Å². The average Bonchev–Trinajstić information content (AvgIpc) is 1.97. The van der Waals surface area contributed by atoms with E-state index in [1.165, 1.54) is 0 Å². The maximum Gasteiger partial charge on any atom is 0.305 e. The summed E-state index contributed by atoms with van der Waals surface area (Å²) in [5, 5.41) is 0. The molecule has 0 aromatic rings. The minimum Gasteiger partial charge on any atom is -0.466 e. The van der Waals surface area contributed by atoms with Crippen LogP contribution in [0.4, 0.5) is 0 Å². The zero-order chi connectivity index (χ0) is 10.3. The van der Waals surface area contributed by atoms with Crippen LogP contribution in [0.3, 0.4) is 0 Å². The molecule has 0 aliphatic rings. The maximum atomic E-state index is 10.7. The van der Waals surface area contributed by atoms with Gasteiger partial charge in [-0.15, -0.1) is 0 Å². The fourth-order valence-corrected chi connectivity index (χ4v) is 1.19. The smallest absolute Gasteiger partial charge is 0.305 e. The van der Waals surface area contributed by atoms with E-state index >= 15 is 0 Å². The van der Waals surface area contributed by atoms with Gasteiger partial charge in [-0.3, -0.25) is 9.35 Å². The summed E-state index contributed by atoms with van der Waals surface area (Å²) >= 11 is 0.